The van der Waals surface area contributed by atoms with Crippen molar-refractivity contribution >= 4 is 17.4 Å². The lowest BCUT2D eigenvalue weighted by atomic mass is 10.1. The average Bonchev–Trinajstić information content (AvgIpc) is 2.51. The number of Topliss-reactive ketones (excluding diaryl/α,β-unsaturated/α-hetero) is 1. The van der Waals surface area contributed by atoms with Crippen LogP contribution in [0.3, 0.4) is 0 Å². The highest BCUT2D eigenvalue weighted by Crippen LogP contribution is 2.11. The molecule has 23 heavy (non-hydrogen) atoms. The summed E-state index contributed by atoms with van der Waals surface area (Å²) in [5, 5.41) is 2.63. The first-order valence-corrected chi connectivity index (χ1v) is 7.24. The number of hydrogen-bond acceptors (Lipinski definition) is 4. The van der Waals surface area contributed by atoms with Gasteiger partial charge < -0.3 is 14.6 Å². The zero-order chi connectivity index (χ0) is 16.8. The number of aromatic nitrogens is 1. The van der Waals surface area contributed by atoms with Gasteiger partial charge >= 0.3 is 0 Å². The second-order valence-corrected chi connectivity index (χ2v) is 4.92. The number of benzene rings is 1. The van der Waals surface area contributed by atoms with Gasteiger partial charge in [-0.1, -0.05) is 0 Å². The molecule has 2 aromatic rings. The third-order valence-electron chi connectivity index (χ3n) is 3.13. The maximum absolute atomic E-state index is 12.3. The molecule has 0 aliphatic heterocycles. The summed E-state index contributed by atoms with van der Waals surface area (Å²) in [7, 11) is 0. The van der Waals surface area contributed by atoms with Crippen molar-refractivity contribution < 1.29 is 14.3 Å². The molecule has 0 fully saturated rings. The molecule has 0 atom stereocenters. The van der Waals surface area contributed by atoms with Crippen molar-refractivity contribution in [1.29, 1.82) is 0 Å². The van der Waals surface area contributed by atoms with Gasteiger partial charge in [-0.3, -0.25) is 14.4 Å². The number of ether oxygens (including phenoxy) is 1. The molecule has 1 aromatic carbocycles. The summed E-state index contributed by atoms with van der Waals surface area (Å²) in [4.78, 5) is 35.4. The number of carbonyl (C=O) groups is 2. The SMILES string of the molecule is CCOc1cccn(CC(=O)c2ccc(NC(C)=O)cc2)c1=O. The molecule has 1 N–H and O–H groups in total. The Morgan fingerprint density at radius 3 is 2.48 bits per heavy atom. The van der Waals surface area contributed by atoms with E-state index >= 15 is 0 Å². The van der Waals surface area contributed by atoms with Crippen LogP contribution >= 0.6 is 0 Å². The monoisotopic (exact) mass is 314 g/mol. The van der Waals surface area contributed by atoms with Crippen LogP contribution in [0, 0.1) is 0 Å². The van der Waals surface area contributed by atoms with E-state index in [9.17, 15) is 14.4 Å². The molecular weight excluding hydrogens is 296 g/mol. The normalized spacial score (nSPS) is 10.2. The van der Waals surface area contributed by atoms with Crippen LogP contribution in [0.15, 0.2) is 47.4 Å². The van der Waals surface area contributed by atoms with Crippen LogP contribution in [0.4, 0.5) is 5.69 Å². The number of nitrogens with one attached hydrogen (secondary N) is 1. The molecule has 2 rings (SSSR count). The van der Waals surface area contributed by atoms with Crippen molar-refractivity contribution in [3.63, 3.8) is 0 Å². The molecule has 1 heterocycles. The molecule has 120 valence electrons. The van der Waals surface area contributed by atoms with Crippen LogP contribution in [0.2, 0.25) is 0 Å². The first-order valence-electron chi connectivity index (χ1n) is 7.24. The van der Waals surface area contributed by atoms with Crippen molar-refractivity contribution in [1.82, 2.24) is 4.57 Å². The maximum Gasteiger partial charge on any atom is 0.293 e. The van der Waals surface area contributed by atoms with E-state index in [4.69, 9.17) is 4.74 Å². The molecule has 0 bridgehead atoms. The third kappa shape index (κ3) is 4.29. The van der Waals surface area contributed by atoms with Gasteiger partial charge in [-0.25, -0.2) is 0 Å². The van der Waals surface area contributed by atoms with E-state index in [1.165, 1.54) is 11.5 Å². The Labute approximate surface area is 133 Å². The predicted octanol–water partition coefficient (Wildman–Crippen LogP) is 2.09. The fourth-order valence-electron chi connectivity index (χ4n) is 2.09. The fraction of sp³-hybridized carbons (Fsp3) is 0.235. The molecule has 1 amide bonds. The first-order chi connectivity index (χ1) is 11.0. The predicted molar refractivity (Wildman–Crippen MR) is 86.9 cm³/mol. The fourth-order valence-corrected chi connectivity index (χ4v) is 2.09. The highest BCUT2D eigenvalue weighted by Gasteiger charge is 2.10. The van der Waals surface area contributed by atoms with Gasteiger partial charge in [-0.15, -0.1) is 0 Å². The van der Waals surface area contributed by atoms with Gasteiger partial charge in [0.05, 0.1) is 13.2 Å². The van der Waals surface area contributed by atoms with Gasteiger partial charge in [0.2, 0.25) is 5.91 Å². The molecule has 0 spiro atoms. The van der Waals surface area contributed by atoms with E-state index in [-0.39, 0.29) is 29.5 Å². The molecule has 0 aliphatic rings. The number of nitrogens with zero attached hydrogens (tertiary/aromatic N) is 1. The molecule has 1 aromatic heterocycles. The summed E-state index contributed by atoms with van der Waals surface area (Å²) >= 11 is 0. The minimum atomic E-state index is -0.336. The number of hydrogen-bond donors (Lipinski definition) is 1. The van der Waals surface area contributed by atoms with Crippen molar-refractivity contribution in [2.75, 3.05) is 11.9 Å². The Morgan fingerprint density at radius 2 is 1.87 bits per heavy atom. The highest BCUT2D eigenvalue weighted by molar-refractivity contribution is 5.96. The molecule has 0 aliphatic carbocycles. The van der Waals surface area contributed by atoms with E-state index in [0.29, 0.717) is 17.9 Å². The van der Waals surface area contributed by atoms with Crippen molar-refractivity contribution in [3.05, 3.63) is 58.5 Å². The van der Waals surface area contributed by atoms with Gasteiger partial charge in [-0.2, -0.15) is 0 Å². The Hall–Kier alpha value is -2.89. The smallest absolute Gasteiger partial charge is 0.293 e. The second kappa shape index (κ2) is 7.40. The lowest BCUT2D eigenvalue weighted by Crippen LogP contribution is -2.25. The summed E-state index contributed by atoms with van der Waals surface area (Å²) in [6, 6.07) is 9.77. The lowest BCUT2D eigenvalue weighted by Gasteiger charge is -2.08. The van der Waals surface area contributed by atoms with E-state index in [0.717, 1.165) is 0 Å². The van der Waals surface area contributed by atoms with Gasteiger partial charge in [0.15, 0.2) is 11.5 Å². The van der Waals surface area contributed by atoms with Crippen LogP contribution in [-0.2, 0) is 11.3 Å². The number of rotatable bonds is 6. The molecule has 0 saturated carbocycles. The maximum atomic E-state index is 12.3. The minimum absolute atomic E-state index is 0.0702. The standard InChI is InChI=1S/C17H18N2O4/c1-3-23-16-5-4-10-19(17(16)22)11-15(21)13-6-8-14(9-7-13)18-12(2)20/h4-10H,3,11H2,1-2H3,(H,18,20). The molecule has 6 nitrogen and oxygen atoms in total. The second-order valence-electron chi connectivity index (χ2n) is 4.92. The zero-order valence-electron chi connectivity index (χ0n) is 13.0. The van der Waals surface area contributed by atoms with E-state index < -0.39 is 0 Å². The van der Waals surface area contributed by atoms with Gasteiger partial charge in [0.1, 0.15) is 0 Å². The van der Waals surface area contributed by atoms with Crippen molar-refractivity contribution in [3.8, 4) is 5.75 Å². The first kappa shape index (κ1) is 16.5. The summed E-state index contributed by atoms with van der Waals surface area (Å²) in [6.07, 6.45) is 1.55. The quantitative estimate of drug-likeness (QED) is 0.828. The van der Waals surface area contributed by atoms with Crippen molar-refractivity contribution in [2.24, 2.45) is 0 Å². The molecule has 0 radical (unpaired) electrons. The largest absolute Gasteiger partial charge is 0.488 e. The Kier molecular flexibility index (Phi) is 5.30. The Balaban J connectivity index is 2.14. The van der Waals surface area contributed by atoms with Crippen LogP contribution in [0.1, 0.15) is 24.2 Å². The number of carbonyl (C=O) groups excluding carboxylic acids is 2. The zero-order valence-corrected chi connectivity index (χ0v) is 13.0. The Morgan fingerprint density at radius 1 is 1.17 bits per heavy atom. The van der Waals surface area contributed by atoms with Gasteiger partial charge in [0.25, 0.3) is 5.56 Å². The van der Waals surface area contributed by atoms with Crippen LogP contribution < -0.4 is 15.6 Å². The summed E-state index contributed by atoms with van der Waals surface area (Å²) in [5.41, 5.74) is 0.745. The number of ketones is 1. The van der Waals surface area contributed by atoms with Crippen molar-refractivity contribution in [2.45, 2.75) is 20.4 Å². The number of anilines is 1. The third-order valence-corrected chi connectivity index (χ3v) is 3.13. The van der Waals surface area contributed by atoms with E-state index in [1.807, 2.05) is 0 Å². The van der Waals surface area contributed by atoms with Crippen LogP contribution in [-0.4, -0.2) is 22.9 Å². The van der Waals surface area contributed by atoms with Crippen LogP contribution in [0.5, 0.6) is 5.75 Å². The summed E-state index contributed by atoms with van der Waals surface area (Å²) in [5.74, 6) is -0.151. The van der Waals surface area contributed by atoms with Crippen LogP contribution in [0.25, 0.3) is 0 Å². The minimum Gasteiger partial charge on any atom is -0.488 e. The summed E-state index contributed by atoms with van der Waals surface area (Å²) in [6.45, 7) is 3.52. The highest BCUT2D eigenvalue weighted by atomic mass is 16.5. The molecule has 0 saturated heterocycles. The lowest BCUT2D eigenvalue weighted by molar-refractivity contribution is -0.114. The molecule has 0 unspecified atom stereocenters. The average molecular weight is 314 g/mol. The molecular formula is C17H18N2O4. The Bertz CT molecular complexity index is 763. The van der Waals surface area contributed by atoms with Gasteiger partial charge in [-0.05, 0) is 43.3 Å². The number of pyridine rings is 1. The topological polar surface area (TPSA) is 77.4 Å². The van der Waals surface area contributed by atoms with E-state index in [2.05, 4.69) is 5.32 Å². The van der Waals surface area contributed by atoms with Gasteiger partial charge in [0, 0.05) is 24.4 Å². The summed E-state index contributed by atoms with van der Waals surface area (Å²) < 4.78 is 6.55. The molecule has 6 heteroatoms. The number of amides is 1. The van der Waals surface area contributed by atoms with E-state index in [1.54, 1.807) is 49.5 Å².